The van der Waals surface area contributed by atoms with E-state index < -0.39 is 11.9 Å². The second kappa shape index (κ2) is 9.33. The summed E-state index contributed by atoms with van der Waals surface area (Å²) in [5.74, 6) is -0.964. The zero-order chi connectivity index (χ0) is 20.1. The molecule has 0 radical (unpaired) electrons. The number of aromatic nitrogens is 3. The van der Waals surface area contributed by atoms with Crippen molar-refractivity contribution in [2.45, 2.75) is 26.9 Å². The van der Waals surface area contributed by atoms with E-state index in [1.165, 1.54) is 12.4 Å². The summed E-state index contributed by atoms with van der Waals surface area (Å²) in [6, 6.07) is 7.42. The number of halogens is 2. The normalized spacial score (nSPS) is 11.2. The van der Waals surface area contributed by atoms with E-state index in [4.69, 9.17) is 0 Å². The van der Waals surface area contributed by atoms with Gasteiger partial charge in [-0.1, -0.05) is 13.8 Å². The molecule has 3 aromatic rings. The first-order chi connectivity index (χ1) is 13.5. The van der Waals surface area contributed by atoms with E-state index in [1.54, 1.807) is 6.07 Å². The second-order valence-corrected chi connectivity index (χ2v) is 7.52. The third-order valence-electron chi connectivity index (χ3n) is 4.55. The van der Waals surface area contributed by atoms with E-state index in [0.717, 1.165) is 27.7 Å². The molecule has 28 heavy (non-hydrogen) atoms. The standard InChI is InChI=1S/C20H21FIN5O/c1-3-27(4-2)12-13-7-8-23-19(21)15(13)10-25-20(28)18-11-24-17-9-14(22)5-6-16(17)26-18/h5-9,11H,3-4,10,12H2,1-2H3,(H,25,28)/i22-2. The first kappa shape index (κ1) is 20.5. The minimum atomic E-state index is -0.566. The van der Waals surface area contributed by atoms with Crippen molar-refractivity contribution in [3.05, 3.63) is 63.0 Å². The lowest BCUT2D eigenvalue weighted by Gasteiger charge is -2.20. The van der Waals surface area contributed by atoms with Crippen LogP contribution in [0.3, 0.4) is 0 Å². The van der Waals surface area contributed by atoms with Crippen LogP contribution >= 0.6 is 22.6 Å². The molecule has 8 heteroatoms. The third-order valence-corrected chi connectivity index (χ3v) is 5.22. The van der Waals surface area contributed by atoms with Gasteiger partial charge < -0.3 is 5.32 Å². The molecule has 0 aliphatic carbocycles. The minimum Gasteiger partial charge on any atom is -0.346 e. The number of rotatable bonds is 7. The summed E-state index contributed by atoms with van der Waals surface area (Å²) in [6.07, 6.45) is 2.89. The van der Waals surface area contributed by atoms with E-state index in [1.807, 2.05) is 18.2 Å². The Morgan fingerprint density at radius 1 is 1.18 bits per heavy atom. The number of amides is 1. The summed E-state index contributed by atoms with van der Waals surface area (Å²) in [6.45, 7) is 6.48. The van der Waals surface area contributed by atoms with Crippen LogP contribution < -0.4 is 5.32 Å². The maximum atomic E-state index is 14.3. The monoisotopic (exact) mass is 491 g/mol. The van der Waals surface area contributed by atoms with Crippen LogP contribution in [0.4, 0.5) is 4.39 Å². The minimum absolute atomic E-state index is 0.0432. The molecule has 2 heterocycles. The Bertz CT molecular complexity index is 993. The number of nitrogens with one attached hydrogen (secondary N) is 1. The van der Waals surface area contributed by atoms with Gasteiger partial charge in [0.2, 0.25) is 5.95 Å². The van der Waals surface area contributed by atoms with Crippen LogP contribution in [-0.2, 0) is 13.1 Å². The van der Waals surface area contributed by atoms with Gasteiger partial charge in [-0.2, -0.15) is 4.39 Å². The molecule has 0 bridgehead atoms. The molecule has 2 aromatic heterocycles. The van der Waals surface area contributed by atoms with Gasteiger partial charge >= 0.3 is 0 Å². The number of carbonyl (C=O) groups excluding carboxylic acids is 1. The Kier molecular flexibility index (Phi) is 6.84. The number of carbonyl (C=O) groups is 1. The predicted octanol–water partition coefficient (Wildman–Crippen LogP) is 3.54. The van der Waals surface area contributed by atoms with Crippen LogP contribution in [-0.4, -0.2) is 38.8 Å². The van der Waals surface area contributed by atoms with Crippen molar-refractivity contribution in [2.75, 3.05) is 13.1 Å². The molecule has 3 rings (SSSR count). The average Bonchev–Trinajstić information content (AvgIpc) is 2.70. The lowest BCUT2D eigenvalue weighted by atomic mass is 10.1. The van der Waals surface area contributed by atoms with Crippen molar-refractivity contribution >= 4 is 39.5 Å². The van der Waals surface area contributed by atoms with Crippen LogP contribution in [0.1, 0.15) is 35.5 Å². The van der Waals surface area contributed by atoms with E-state index in [2.05, 4.69) is 61.6 Å². The number of hydrogen-bond donors (Lipinski definition) is 1. The Hall–Kier alpha value is -2.20. The fourth-order valence-electron chi connectivity index (χ4n) is 2.88. The van der Waals surface area contributed by atoms with E-state index >= 15 is 0 Å². The van der Waals surface area contributed by atoms with E-state index in [0.29, 0.717) is 17.6 Å². The zero-order valence-corrected chi connectivity index (χ0v) is 17.9. The van der Waals surface area contributed by atoms with Crippen LogP contribution in [0.25, 0.3) is 11.0 Å². The highest BCUT2D eigenvalue weighted by Crippen LogP contribution is 2.16. The van der Waals surface area contributed by atoms with Gasteiger partial charge in [0.05, 0.1) is 17.2 Å². The summed E-state index contributed by atoms with van der Waals surface area (Å²) >= 11 is 2.20. The second-order valence-electron chi connectivity index (χ2n) is 6.27. The molecule has 0 saturated heterocycles. The molecule has 146 valence electrons. The lowest BCUT2D eigenvalue weighted by Crippen LogP contribution is -2.27. The van der Waals surface area contributed by atoms with E-state index in [9.17, 15) is 9.18 Å². The molecule has 1 amide bonds. The van der Waals surface area contributed by atoms with Crippen molar-refractivity contribution in [3.8, 4) is 0 Å². The van der Waals surface area contributed by atoms with Gasteiger partial charge in [0.15, 0.2) is 0 Å². The van der Waals surface area contributed by atoms with Gasteiger partial charge in [-0.15, -0.1) is 0 Å². The Balaban J connectivity index is 1.76. The molecule has 0 fully saturated rings. The van der Waals surface area contributed by atoms with Crippen molar-refractivity contribution in [2.24, 2.45) is 0 Å². The predicted molar refractivity (Wildman–Crippen MR) is 114 cm³/mol. The smallest absolute Gasteiger partial charge is 0.271 e. The van der Waals surface area contributed by atoms with Gasteiger partial charge in [0, 0.05) is 28.4 Å². The van der Waals surface area contributed by atoms with Gasteiger partial charge in [0.25, 0.3) is 5.91 Å². The number of hydrogen-bond acceptors (Lipinski definition) is 5. The molecule has 0 saturated carbocycles. The number of pyridine rings is 1. The number of fused-ring (bicyclic) bond motifs is 1. The van der Waals surface area contributed by atoms with Crippen LogP contribution in [0.15, 0.2) is 36.7 Å². The third kappa shape index (κ3) is 4.79. The maximum absolute atomic E-state index is 14.3. The van der Waals surface area contributed by atoms with Crippen molar-refractivity contribution < 1.29 is 9.18 Å². The fraction of sp³-hybridized carbons (Fsp3) is 0.300. The topological polar surface area (TPSA) is 71.0 Å². The van der Waals surface area contributed by atoms with Crippen molar-refractivity contribution in [3.63, 3.8) is 0 Å². The molecular weight excluding hydrogens is 470 g/mol. The summed E-state index contributed by atoms with van der Waals surface area (Å²) < 4.78 is 15.3. The van der Waals surface area contributed by atoms with Gasteiger partial charge in [0.1, 0.15) is 5.69 Å². The first-order valence-electron chi connectivity index (χ1n) is 9.07. The Labute approximate surface area is 176 Å². The van der Waals surface area contributed by atoms with Gasteiger partial charge in [-0.3, -0.25) is 14.7 Å². The lowest BCUT2D eigenvalue weighted by molar-refractivity contribution is 0.0945. The highest BCUT2D eigenvalue weighted by Gasteiger charge is 2.15. The van der Waals surface area contributed by atoms with E-state index in [-0.39, 0.29) is 12.2 Å². The molecule has 0 aliphatic rings. The van der Waals surface area contributed by atoms with Gasteiger partial charge in [-0.05, 0) is 65.5 Å². The van der Waals surface area contributed by atoms with Crippen LogP contribution in [0.2, 0.25) is 0 Å². The fourth-order valence-corrected chi connectivity index (χ4v) is 3.35. The Morgan fingerprint density at radius 3 is 2.71 bits per heavy atom. The number of benzene rings is 1. The quantitative estimate of drug-likeness (QED) is 0.405. The van der Waals surface area contributed by atoms with Crippen molar-refractivity contribution in [1.29, 1.82) is 0 Å². The summed E-state index contributed by atoms with van der Waals surface area (Å²) in [5, 5.41) is 2.74. The van der Waals surface area contributed by atoms with Crippen LogP contribution in [0.5, 0.6) is 0 Å². The highest BCUT2D eigenvalue weighted by molar-refractivity contribution is 14.1. The van der Waals surface area contributed by atoms with Crippen molar-refractivity contribution in [1.82, 2.24) is 25.2 Å². The highest BCUT2D eigenvalue weighted by atomic mass is 125. The number of nitrogens with zero attached hydrogens (tertiary/aromatic N) is 4. The molecule has 0 spiro atoms. The maximum Gasteiger partial charge on any atom is 0.271 e. The molecule has 6 nitrogen and oxygen atoms in total. The summed E-state index contributed by atoms with van der Waals surface area (Å²) in [4.78, 5) is 27.1. The largest absolute Gasteiger partial charge is 0.346 e. The average molecular weight is 491 g/mol. The summed E-state index contributed by atoms with van der Waals surface area (Å²) in [7, 11) is 0. The molecule has 0 unspecified atom stereocenters. The molecule has 0 atom stereocenters. The molecule has 1 N–H and O–H groups in total. The SMILES string of the molecule is CCN(CC)Cc1ccnc(F)c1CNC(=O)c1cnc2cc([125I])ccc2n1. The molecule has 1 aromatic carbocycles. The van der Waals surface area contributed by atoms with Gasteiger partial charge in [-0.25, -0.2) is 9.97 Å². The van der Waals surface area contributed by atoms with Crippen LogP contribution in [0, 0.1) is 9.52 Å². The zero-order valence-electron chi connectivity index (χ0n) is 15.7. The first-order valence-corrected chi connectivity index (χ1v) is 10.1. The molecule has 0 aliphatic heterocycles. The Morgan fingerprint density at radius 2 is 1.96 bits per heavy atom. The molecular formula is C20H21FIN5O. The summed E-state index contributed by atoms with van der Waals surface area (Å²) in [5.41, 5.74) is 2.77.